The van der Waals surface area contributed by atoms with Crippen molar-refractivity contribution in [2.75, 3.05) is 7.05 Å². The highest BCUT2D eigenvalue weighted by Gasteiger charge is 2.20. The van der Waals surface area contributed by atoms with Gasteiger partial charge in [0, 0.05) is 25.2 Å². The number of nitro benzene ring substituents is 1. The Bertz CT molecular complexity index is 474. The summed E-state index contributed by atoms with van der Waals surface area (Å²) >= 11 is 0. The summed E-state index contributed by atoms with van der Waals surface area (Å²) in [6.45, 7) is 4.35. The summed E-state index contributed by atoms with van der Waals surface area (Å²) in [5.41, 5.74) is 0.648. The monoisotopic (exact) mass is 279 g/mol. The van der Waals surface area contributed by atoms with Gasteiger partial charge in [-0.05, 0) is 12.3 Å². The zero-order valence-electron chi connectivity index (χ0n) is 12.1. The molecular formula is C14H21N3O3. The topological polar surface area (TPSA) is 84.3 Å². The van der Waals surface area contributed by atoms with Gasteiger partial charge in [0.2, 0.25) is 5.91 Å². The standard InChI is InChI=1S/C14H21N3O3/c1-10(2)8-12(14(18)15-3)16-9-11-6-4-5-7-13(11)17(19)20/h4-7,10,12,16H,8-9H2,1-3H3,(H,15,18). The molecule has 1 aromatic rings. The van der Waals surface area contributed by atoms with E-state index in [-0.39, 0.29) is 17.6 Å². The Kier molecular flexibility index (Phi) is 6.11. The average molecular weight is 279 g/mol. The molecule has 6 heteroatoms. The predicted molar refractivity (Wildman–Crippen MR) is 77.2 cm³/mol. The van der Waals surface area contributed by atoms with Gasteiger partial charge in [0.05, 0.1) is 11.0 Å². The Labute approximate surface area is 118 Å². The van der Waals surface area contributed by atoms with Crippen molar-refractivity contribution in [2.45, 2.75) is 32.9 Å². The van der Waals surface area contributed by atoms with Crippen LogP contribution in [0.4, 0.5) is 5.69 Å². The van der Waals surface area contributed by atoms with Crippen LogP contribution in [0.3, 0.4) is 0 Å². The lowest BCUT2D eigenvalue weighted by molar-refractivity contribution is -0.385. The Morgan fingerprint density at radius 1 is 1.35 bits per heavy atom. The van der Waals surface area contributed by atoms with E-state index in [1.807, 2.05) is 13.8 Å². The van der Waals surface area contributed by atoms with Crippen LogP contribution in [-0.4, -0.2) is 23.9 Å². The molecule has 0 radical (unpaired) electrons. The predicted octanol–water partition coefficient (Wildman–Crippen LogP) is 1.85. The number of benzene rings is 1. The highest BCUT2D eigenvalue weighted by atomic mass is 16.6. The van der Waals surface area contributed by atoms with Gasteiger partial charge >= 0.3 is 0 Å². The van der Waals surface area contributed by atoms with Crippen molar-refractivity contribution < 1.29 is 9.72 Å². The summed E-state index contributed by atoms with van der Waals surface area (Å²) in [7, 11) is 1.59. The second-order valence-electron chi connectivity index (χ2n) is 5.06. The van der Waals surface area contributed by atoms with E-state index in [0.29, 0.717) is 24.4 Å². The molecule has 0 bridgehead atoms. The first-order chi connectivity index (χ1) is 9.45. The Hall–Kier alpha value is -1.95. The zero-order valence-corrected chi connectivity index (χ0v) is 12.1. The van der Waals surface area contributed by atoms with Gasteiger partial charge in [-0.15, -0.1) is 0 Å². The summed E-state index contributed by atoms with van der Waals surface area (Å²) < 4.78 is 0. The number of nitro groups is 1. The molecule has 0 saturated carbocycles. The van der Waals surface area contributed by atoms with E-state index in [2.05, 4.69) is 10.6 Å². The van der Waals surface area contributed by atoms with E-state index in [1.54, 1.807) is 25.2 Å². The van der Waals surface area contributed by atoms with E-state index in [4.69, 9.17) is 0 Å². The maximum atomic E-state index is 11.8. The van der Waals surface area contributed by atoms with E-state index < -0.39 is 4.92 Å². The molecule has 0 aliphatic heterocycles. The third-order valence-corrected chi connectivity index (χ3v) is 3.00. The first kappa shape index (κ1) is 16.1. The van der Waals surface area contributed by atoms with Crippen LogP contribution in [0.1, 0.15) is 25.8 Å². The maximum Gasteiger partial charge on any atom is 0.273 e. The van der Waals surface area contributed by atoms with Crippen LogP contribution in [0, 0.1) is 16.0 Å². The Morgan fingerprint density at radius 2 is 2.00 bits per heavy atom. The number of amides is 1. The fraction of sp³-hybridized carbons (Fsp3) is 0.500. The van der Waals surface area contributed by atoms with E-state index in [1.165, 1.54) is 6.07 Å². The number of hydrogen-bond acceptors (Lipinski definition) is 4. The van der Waals surface area contributed by atoms with Crippen LogP contribution < -0.4 is 10.6 Å². The molecule has 1 rings (SSSR count). The minimum atomic E-state index is -0.408. The van der Waals surface area contributed by atoms with Gasteiger partial charge in [-0.1, -0.05) is 32.0 Å². The highest BCUT2D eigenvalue weighted by molar-refractivity contribution is 5.81. The number of carbonyl (C=O) groups excluding carboxylic acids is 1. The molecule has 0 aromatic heterocycles. The molecule has 0 aliphatic carbocycles. The van der Waals surface area contributed by atoms with Gasteiger partial charge in [0.15, 0.2) is 0 Å². The van der Waals surface area contributed by atoms with Crippen molar-refractivity contribution in [3.8, 4) is 0 Å². The quantitative estimate of drug-likeness (QED) is 0.589. The van der Waals surface area contributed by atoms with Gasteiger partial charge in [0.25, 0.3) is 5.69 Å². The van der Waals surface area contributed by atoms with Crippen molar-refractivity contribution in [3.05, 3.63) is 39.9 Å². The largest absolute Gasteiger partial charge is 0.358 e. The van der Waals surface area contributed by atoms with E-state index in [9.17, 15) is 14.9 Å². The van der Waals surface area contributed by atoms with Crippen molar-refractivity contribution in [1.82, 2.24) is 10.6 Å². The summed E-state index contributed by atoms with van der Waals surface area (Å²) in [5.74, 6) is 0.257. The first-order valence-corrected chi connectivity index (χ1v) is 6.63. The minimum Gasteiger partial charge on any atom is -0.358 e. The molecule has 0 spiro atoms. The number of nitrogens with one attached hydrogen (secondary N) is 2. The van der Waals surface area contributed by atoms with Crippen LogP contribution >= 0.6 is 0 Å². The van der Waals surface area contributed by atoms with Gasteiger partial charge in [-0.3, -0.25) is 14.9 Å². The molecule has 2 N–H and O–H groups in total. The SMILES string of the molecule is CNC(=O)C(CC(C)C)NCc1ccccc1[N+](=O)[O-]. The molecule has 1 unspecified atom stereocenters. The van der Waals surface area contributed by atoms with Crippen molar-refractivity contribution in [1.29, 1.82) is 0 Å². The molecule has 1 amide bonds. The summed E-state index contributed by atoms with van der Waals surface area (Å²) in [4.78, 5) is 22.3. The molecule has 0 heterocycles. The number of rotatable bonds is 7. The van der Waals surface area contributed by atoms with Crippen LogP contribution in [0.25, 0.3) is 0 Å². The number of hydrogen-bond donors (Lipinski definition) is 2. The van der Waals surface area contributed by atoms with Crippen molar-refractivity contribution in [2.24, 2.45) is 5.92 Å². The lowest BCUT2D eigenvalue weighted by Crippen LogP contribution is -2.43. The molecule has 1 aromatic carbocycles. The lowest BCUT2D eigenvalue weighted by atomic mass is 10.0. The van der Waals surface area contributed by atoms with Crippen molar-refractivity contribution >= 4 is 11.6 Å². The second kappa shape index (κ2) is 7.59. The van der Waals surface area contributed by atoms with E-state index >= 15 is 0 Å². The minimum absolute atomic E-state index is 0.0696. The molecule has 0 saturated heterocycles. The molecule has 1 atom stereocenters. The van der Waals surface area contributed by atoms with Crippen LogP contribution in [0.5, 0.6) is 0 Å². The number of carbonyl (C=O) groups is 1. The molecule has 0 fully saturated rings. The molecule has 20 heavy (non-hydrogen) atoms. The highest BCUT2D eigenvalue weighted by Crippen LogP contribution is 2.17. The van der Waals surface area contributed by atoms with Crippen molar-refractivity contribution in [3.63, 3.8) is 0 Å². The van der Waals surface area contributed by atoms with Gasteiger partial charge in [-0.25, -0.2) is 0 Å². The first-order valence-electron chi connectivity index (χ1n) is 6.63. The molecule has 110 valence electrons. The van der Waals surface area contributed by atoms with E-state index in [0.717, 1.165) is 0 Å². The normalized spacial score (nSPS) is 12.2. The zero-order chi connectivity index (χ0) is 15.1. The Balaban J connectivity index is 2.77. The average Bonchev–Trinajstić information content (AvgIpc) is 2.42. The molecular weight excluding hydrogens is 258 g/mol. The van der Waals surface area contributed by atoms with Gasteiger partial charge in [0.1, 0.15) is 0 Å². The smallest absolute Gasteiger partial charge is 0.273 e. The Morgan fingerprint density at radius 3 is 2.55 bits per heavy atom. The fourth-order valence-electron chi connectivity index (χ4n) is 2.00. The third-order valence-electron chi connectivity index (χ3n) is 3.00. The molecule has 6 nitrogen and oxygen atoms in total. The number of nitrogens with zero attached hydrogens (tertiary/aromatic N) is 1. The van der Waals surface area contributed by atoms with Crippen LogP contribution in [0.15, 0.2) is 24.3 Å². The fourth-order valence-corrected chi connectivity index (χ4v) is 2.00. The summed E-state index contributed by atoms with van der Waals surface area (Å²) in [6, 6.07) is 6.20. The van der Waals surface area contributed by atoms with Crippen LogP contribution in [-0.2, 0) is 11.3 Å². The van der Waals surface area contributed by atoms with Crippen LogP contribution in [0.2, 0.25) is 0 Å². The number of para-hydroxylation sites is 1. The number of likely N-dealkylation sites (N-methyl/N-ethyl adjacent to an activating group) is 1. The van der Waals surface area contributed by atoms with Gasteiger partial charge in [-0.2, -0.15) is 0 Å². The second-order valence-corrected chi connectivity index (χ2v) is 5.06. The third kappa shape index (κ3) is 4.62. The lowest BCUT2D eigenvalue weighted by Gasteiger charge is -2.19. The molecule has 0 aliphatic rings. The maximum absolute atomic E-state index is 11.8. The van der Waals surface area contributed by atoms with Gasteiger partial charge < -0.3 is 10.6 Å². The summed E-state index contributed by atoms with van der Waals surface area (Å²) in [6.07, 6.45) is 0.681. The summed E-state index contributed by atoms with van der Waals surface area (Å²) in [5, 5.41) is 16.6.